The van der Waals surface area contributed by atoms with Gasteiger partial charge in [-0.25, -0.2) is 19.6 Å². The van der Waals surface area contributed by atoms with Crippen molar-refractivity contribution < 1.29 is 28.7 Å². The molecule has 3 saturated carbocycles. The SMILES string of the molecule is COC(=O)N[C@H](C(=O)N1C2CCC(C2)[C@H]1c1ncc(-c2ccc(-c3ccc(-c4ccc5nc([C@@H]6C7CCC(C7)N6C(=O)[C@@H](NC(=O)OC)C(C)C)[nH]c5c4)c4c3C3(CCCC3)CC4)cc2)[nH]1)C(C)C. The van der Waals surface area contributed by atoms with Gasteiger partial charge in [0.1, 0.15) is 23.7 Å². The van der Waals surface area contributed by atoms with Crippen LogP contribution in [0.5, 0.6) is 0 Å². The van der Waals surface area contributed by atoms with Gasteiger partial charge in [0.15, 0.2) is 0 Å². The summed E-state index contributed by atoms with van der Waals surface area (Å²) in [6, 6.07) is 18.7. The molecule has 8 atom stereocenters. The number of rotatable bonds is 11. The largest absolute Gasteiger partial charge is 0.453 e. The van der Waals surface area contributed by atoms with Crippen LogP contribution < -0.4 is 10.6 Å². The Balaban J connectivity index is 0.872. The maximum Gasteiger partial charge on any atom is 0.407 e. The quantitative estimate of drug-likeness (QED) is 0.101. The Labute approximate surface area is 404 Å². The first-order valence-corrected chi connectivity index (χ1v) is 25.5. The fraction of sp³-hybridized carbons (Fsp3) is 0.527. The smallest absolute Gasteiger partial charge is 0.407 e. The molecule has 4 unspecified atom stereocenters. The number of nitrogens with one attached hydrogen (secondary N) is 4. The van der Waals surface area contributed by atoms with E-state index in [0.29, 0.717) is 11.8 Å². The summed E-state index contributed by atoms with van der Waals surface area (Å²) in [6.45, 7) is 7.80. The Bertz CT molecular complexity index is 2810. The number of hydrogen-bond donors (Lipinski definition) is 4. The zero-order valence-electron chi connectivity index (χ0n) is 40.8. The van der Waals surface area contributed by atoms with Crippen LogP contribution in [0.1, 0.15) is 133 Å². The minimum absolute atomic E-state index is 0.0735. The Morgan fingerprint density at radius 3 is 1.84 bits per heavy atom. The maximum atomic E-state index is 14.2. The summed E-state index contributed by atoms with van der Waals surface area (Å²) in [5.74, 6) is 1.88. The maximum absolute atomic E-state index is 14.2. The van der Waals surface area contributed by atoms with E-state index in [0.717, 1.165) is 85.3 Å². The van der Waals surface area contributed by atoms with Gasteiger partial charge in [0.2, 0.25) is 11.8 Å². The lowest BCUT2D eigenvalue weighted by Gasteiger charge is -2.37. The van der Waals surface area contributed by atoms with E-state index in [2.05, 4.69) is 75.2 Å². The van der Waals surface area contributed by atoms with Crippen LogP contribution in [-0.2, 0) is 30.9 Å². The summed E-state index contributed by atoms with van der Waals surface area (Å²) in [6.07, 6.45) is 13.7. The molecule has 6 aliphatic rings. The first kappa shape index (κ1) is 45.3. The van der Waals surface area contributed by atoms with Crippen LogP contribution in [0.3, 0.4) is 0 Å². The van der Waals surface area contributed by atoms with Crippen LogP contribution in [0.15, 0.2) is 60.8 Å². The topological polar surface area (TPSA) is 175 Å². The summed E-state index contributed by atoms with van der Waals surface area (Å²) in [4.78, 5) is 74.3. The van der Waals surface area contributed by atoms with E-state index in [1.165, 1.54) is 73.3 Å². The molecule has 2 aromatic heterocycles. The number of likely N-dealkylation sites (tertiary alicyclic amines) is 2. The molecule has 3 aromatic carbocycles. The Kier molecular flexibility index (Phi) is 11.6. The average molecular weight is 935 g/mol. The van der Waals surface area contributed by atoms with Crippen LogP contribution in [0.4, 0.5) is 9.59 Å². The second-order valence-corrected chi connectivity index (χ2v) is 21.7. The summed E-state index contributed by atoms with van der Waals surface area (Å²) >= 11 is 0. The van der Waals surface area contributed by atoms with Crippen molar-refractivity contribution in [2.75, 3.05) is 14.2 Å². The summed E-state index contributed by atoms with van der Waals surface area (Å²) < 4.78 is 9.77. The van der Waals surface area contributed by atoms with Crippen molar-refractivity contribution >= 4 is 35.0 Å². The highest BCUT2D eigenvalue weighted by Gasteiger charge is 2.53. The highest BCUT2D eigenvalue weighted by molar-refractivity contribution is 5.89. The molecule has 14 nitrogen and oxygen atoms in total. The van der Waals surface area contributed by atoms with Gasteiger partial charge >= 0.3 is 12.2 Å². The number of ether oxygens (including phenoxy) is 2. The highest BCUT2D eigenvalue weighted by atomic mass is 16.5. The van der Waals surface area contributed by atoms with E-state index in [-0.39, 0.29) is 53.2 Å². The average Bonchev–Trinajstić information content (AvgIpc) is 4.23. The van der Waals surface area contributed by atoms with Gasteiger partial charge in [0.05, 0.1) is 49.2 Å². The number of aromatic nitrogens is 4. The van der Waals surface area contributed by atoms with Crippen molar-refractivity contribution in [2.45, 2.75) is 146 Å². The summed E-state index contributed by atoms with van der Waals surface area (Å²) in [5, 5.41) is 5.60. The van der Waals surface area contributed by atoms with Gasteiger partial charge in [-0.1, -0.05) is 83.0 Å². The number of methoxy groups -OCH3 is 2. The van der Waals surface area contributed by atoms with Crippen molar-refractivity contribution in [2.24, 2.45) is 23.7 Å². The first-order valence-electron chi connectivity index (χ1n) is 25.5. The Hall–Kier alpha value is -6.18. The number of carbonyl (C=O) groups excluding carboxylic acids is 4. The lowest BCUT2D eigenvalue weighted by molar-refractivity contribution is -0.140. The third kappa shape index (κ3) is 7.67. The molecule has 4 aliphatic carbocycles. The van der Waals surface area contributed by atoms with E-state index in [9.17, 15) is 19.2 Å². The number of nitrogens with zero attached hydrogens (tertiary/aromatic N) is 4. The zero-order chi connectivity index (χ0) is 47.9. The van der Waals surface area contributed by atoms with E-state index in [4.69, 9.17) is 19.4 Å². The number of aromatic amines is 2. The standard InChI is InChI=1S/C55H66N8O6/c1-29(2)45(60-53(66)68-5)51(64)62-36-16-13-34(25-36)47(62)49-56-28-43(59-49)32-11-9-31(10-12-32)39-19-18-38(40-21-24-55(44(39)40)22-7-8-23-55)33-15-20-41-42(27-33)58-50(57-41)48-35-14-17-37(26-35)63(48)52(65)46(30(3)4)61-54(67)69-6/h9-12,15,18-20,27-30,34-37,45-48H,7-8,13-14,16-17,21-26H2,1-6H3,(H,56,59)(H,57,58)(H,60,66)(H,61,67)/t34?,35?,36?,37?,45-,46-,47-,48-/m0/s1. The number of alkyl carbamates (subject to hydrolysis) is 2. The zero-order valence-corrected chi connectivity index (χ0v) is 40.8. The third-order valence-corrected chi connectivity index (χ3v) is 17.2. The van der Waals surface area contributed by atoms with Crippen molar-refractivity contribution in [3.8, 4) is 33.5 Å². The molecular formula is C55H66N8O6. The van der Waals surface area contributed by atoms with E-state index < -0.39 is 24.3 Å². The lowest BCUT2D eigenvalue weighted by Crippen LogP contribution is -2.54. The monoisotopic (exact) mass is 935 g/mol. The number of fused-ring (bicyclic) bond motifs is 7. The number of imidazole rings is 2. The molecule has 2 aliphatic heterocycles. The second kappa shape index (κ2) is 17.7. The third-order valence-electron chi connectivity index (χ3n) is 17.2. The first-order chi connectivity index (χ1) is 33.4. The second-order valence-electron chi connectivity index (χ2n) is 21.7. The van der Waals surface area contributed by atoms with E-state index in [1.807, 2.05) is 43.7 Å². The molecule has 69 heavy (non-hydrogen) atoms. The van der Waals surface area contributed by atoms with Crippen molar-refractivity contribution in [1.82, 2.24) is 40.4 Å². The summed E-state index contributed by atoms with van der Waals surface area (Å²) in [5.41, 5.74) is 11.9. The van der Waals surface area contributed by atoms with Gasteiger partial charge in [-0.2, -0.15) is 0 Å². The normalized spacial score (nSPS) is 25.0. The van der Waals surface area contributed by atoms with Crippen LogP contribution in [0.25, 0.3) is 44.5 Å². The molecule has 5 fully saturated rings. The number of hydrogen-bond acceptors (Lipinski definition) is 8. The van der Waals surface area contributed by atoms with Crippen molar-refractivity contribution in [3.63, 3.8) is 0 Å². The fourth-order valence-electron chi connectivity index (χ4n) is 13.9. The predicted octanol–water partition coefficient (Wildman–Crippen LogP) is 9.91. The molecule has 4 amide bonds. The minimum atomic E-state index is -0.683. The Morgan fingerprint density at radius 2 is 1.25 bits per heavy atom. The molecule has 0 radical (unpaired) electrons. The van der Waals surface area contributed by atoms with Gasteiger partial charge in [-0.15, -0.1) is 0 Å². The number of H-pyrrole nitrogens is 2. The predicted molar refractivity (Wildman–Crippen MR) is 263 cm³/mol. The molecule has 1 spiro atoms. The van der Waals surface area contributed by atoms with Gasteiger partial charge in [-0.05, 0) is 144 Å². The van der Waals surface area contributed by atoms with E-state index >= 15 is 0 Å². The van der Waals surface area contributed by atoms with Crippen molar-refractivity contribution in [3.05, 3.63) is 83.6 Å². The summed E-state index contributed by atoms with van der Waals surface area (Å²) in [7, 11) is 2.65. The number of benzene rings is 3. The molecule has 4 bridgehead atoms. The molecule has 14 heteroatoms. The van der Waals surface area contributed by atoms with Crippen LogP contribution in [0, 0.1) is 23.7 Å². The molecule has 2 saturated heterocycles. The molecule has 5 aromatic rings. The lowest BCUT2D eigenvalue weighted by atomic mass is 9.76. The molecule has 4 N–H and O–H groups in total. The van der Waals surface area contributed by atoms with Gasteiger partial charge in [0, 0.05) is 12.1 Å². The van der Waals surface area contributed by atoms with Crippen molar-refractivity contribution in [1.29, 1.82) is 0 Å². The van der Waals surface area contributed by atoms with Gasteiger partial charge < -0.3 is 39.9 Å². The van der Waals surface area contributed by atoms with Crippen LogP contribution >= 0.6 is 0 Å². The Morgan fingerprint density at radius 1 is 0.681 bits per heavy atom. The van der Waals surface area contributed by atoms with Crippen LogP contribution in [-0.4, -0.2) is 92.1 Å². The minimum Gasteiger partial charge on any atom is -0.453 e. The number of piperidine rings is 2. The number of amides is 4. The molecular weight excluding hydrogens is 869 g/mol. The van der Waals surface area contributed by atoms with E-state index in [1.54, 1.807) is 0 Å². The van der Waals surface area contributed by atoms with Gasteiger partial charge in [0.25, 0.3) is 0 Å². The van der Waals surface area contributed by atoms with Crippen LogP contribution in [0.2, 0.25) is 0 Å². The fourth-order valence-corrected chi connectivity index (χ4v) is 13.9. The molecule has 11 rings (SSSR count). The molecule has 4 heterocycles. The van der Waals surface area contributed by atoms with Gasteiger partial charge in [-0.3, -0.25) is 9.59 Å². The highest BCUT2D eigenvalue weighted by Crippen LogP contribution is 2.56. The molecule has 362 valence electrons. The number of carbonyl (C=O) groups is 4.